The number of furan rings is 1. The number of ether oxygens (including phenoxy) is 3. The number of carbonyl (C=O) groups excluding carboxylic acids is 4. The maximum atomic E-state index is 12.7. The number of esters is 2. The van der Waals surface area contributed by atoms with Crippen LogP contribution in [0.1, 0.15) is 49.3 Å². The van der Waals surface area contributed by atoms with Crippen LogP contribution in [0.2, 0.25) is 0 Å². The summed E-state index contributed by atoms with van der Waals surface area (Å²) in [7, 11) is 0. The molecule has 0 spiro atoms. The number of amides is 1. The summed E-state index contributed by atoms with van der Waals surface area (Å²) >= 11 is 6.48. The van der Waals surface area contributed by atoms with Crippen molar-refractivity contribution in [1.82, 2.24) is 4.90 Å². The summed E-state index contributed by atoms with van der Waals surface area (Å²) in [5.41, 5.74) is 2.20. The molecule has 1 amide bonds. The number of allylic oxidation sites excluding steroid dienone is 1. The lowest BCUT2D eigenvalue weighted by Crippen LogP contribution is -2.27. The third-order valence-corrected chi connectivity index (χ3v) is 8.46. The first-order valence-electron chi connectivity index (χ1n) is 14.2. The molecule has 46 heavy (non-hydrogen) atoms. The van der Waals surface area contributed by atoms with Gasteiger partial charge in [0.05, 0.1) is 16.0 Å². The number of rotatable bonds is 8. The van der Waals surface area contributed by atoms with Crippen molar-refractivity contribution in [2.75, 3.05) is 19.8 Å². The van der Waals surface area contributed by atoms with Gasteiger partial charge in [-0.3, -0.25) is 14.5 Å². The highest BCUT2D eigenvalue weighted by molar-refractivity contribution is 8.26. The molecule has 0 N–H and O–H groups in total. The summed E-state index contributed by atoms with van der Waals surface area (Å²) < 4.78 is 22.5. The highest BCUT2D eigenvalue weighted by Gasteiger charge is 2.31. The van der Waals surface area contributed by atoms with Crippen molar-refractivity contribution in [3.63, 3.8) is 0 Å². The maximum absolute atomic E-state index is 12.7. The topological polar surface area (TPSA) is 112 Å². The molecule has 230 valence electrons. The second-order valence-electron chi connectivity index (χ2n) is 10.1. The van der Waals surface area contributed by atoms with Crippen LogP contribution in [0.3, 0.4) is 0 Å². The van der Waals surface area contributed by atoms with Crippen molar-refractivity contribution in [3.05, 3.63) is 118 Å². The number of carbonyl (C=O) groups is 4. The molecule has 0 saturated carbocycles. The van der Waals surface area contributed by atoms with E-state index in [1.165, 1.54) is 47.0 Å². The second kappa shape index (κ2) is 13.4. The molecule has 0 bridgehead atoms. The van der Waals surface area contributed by atoms with Crippen molar-refractivity contribution in [3.8, 4) is 22.8 Å². The molecule has 2 aliphatic rings. The first-order valence-corrected chi connectivity index (χ1v) is 15.5. The van der Waals surface area contributed by atoms with E-state index in [2.05, 4.69) is 0 Å². The number of hydrogen-bond acceptors (Lipinski definition) is 10. The van der Waals surface area contributed by atoms with Gasteiger partial charge in [-0.1, -0.05) is 54.3 Å². The van der Waals surface area contributed by atoms with E-state index >= 15 is 0 Å². The van der Waals surface area contributed by atoms with Crippen LogP contribution in [-0.2, 0) is 9.53 Å². The molecule has 1 aromatic heterocycles. The summed E-state index contributed by atoms with van der Waals surface area (Å²) in [6.45, 7) is 3.27. The largest absolute Gasteiger partial charge is 0.486 e. The van der Waals surface area contributed by atoms with Gasteiger partial charge in [0, 0.05) is 23.7 Å². The van der Waals surface area contributed by atoms with Crippen LogP contribution >= 0.6 is 24.0 Å². The molecule has 1 fully saturated rings. The Labute approximate surface area is 273 Å². The summed E-state index contributed by atoms with van der Waals surface area (Å²) in [6.07, 6.45) is 4.71. The summed E-state index contributed by atoms with van der Waals surface area (Å²) in [6, 6.07) is 21.3. The van der Waals surface area contributed by atoms with Gasteiger partial charge in [0.1, 0.15) is 29.1 Å². The summed E-state index contributed by atoms with van der Waals surface area (Å²) in [5.74, 6) is 0.201. The van der Waals surface area contributed by atoms with Crippen molar-refractivity contribution < 1.29 is 37.8 Å². The fourth-order valence-corrected chi connectivity index (χ4v) is 6.02. The molecule has 3 heterocycles. The molecule has 6 rings (SSSR count). The Morgan fingerprint density at radius 1 is 0.870 bits per heavy atom. The molecule has 0 radical (unpaired) electrons. The number of likely N-dealkylation sites (N-methyl/N-ethyl adjacent to an activating group) is 1. The first-order chi connectivity index (χ1) is 22.3. The van der Waals surface area contributed by atoms with Gasteiger partial charge in [-0.15, -0.1) is 0 Å². The van der Waals surface area contributed by atoms with E-state index in [9.17, 15) is 19.2 Å². The van der Waals surface area contributed by atoms with E-state index in [0.717, 1.165) is 0 Å². The molecule has 4 aromatic rings. The van der Waals surface area contributed by atoms with Gasteiger partial charge in [0.15, 0.2) is 17.3 Å². The van der Waals surface area contributed by atoms with Crippen LogP contribution in [0.5, 0.6) is 11.5 Å². The number of fused-ring (bicyclic) bond motifs is 1. The van der Waals surface area contributed by atoms with E-state index in [-0.39, 0.29) is 22.8 Å². The van der Waals surface area contributed by atoms with Crippen molar-refractivity contribution in [2.24, 2.45) is 0 Å². The van der Waals surface area contributed by atoms with Gasteiger partial charge in [-0.2, -0.15) is 0 Å². The quantitative estimate of drug-likeness (QED) is 0.0661. The zero-order valence-corrected chi connectivity index (χ0v) is 26.0. The fraction of sp³-hybridized carbons (Fsp3) is 0.114. The number of thioether (sulfide) groups is 1. The van der Waals surface area contributed by atoms with Gasteiger partial charge >= 0.3 is 11.9 Å². The molecule has 0 aliphatic carbocycles. The predicted molar refractivity (Wildman–Crippen MR) is 177 cm³/mol. The van der Waals surface area contributed by atoms with Crippen molar-refractivity contribution in [1.29, 1.82) is 0 Å². The van der Waals surface area contributed by atoms with Gasteiger partial charge in [-0.25, -0.2) is 9.59 Å². The molecule has 0 atom stereocenters. The Bertz CT molecular complexity index is 1920. The van der Waals surface area contributed by atoms with Gasteiger partial charge in [0.2, 0.25) is 0 Å². The van der Waals surface area contributed by atoms with Crippen LogP contribution < -0.4 is 9.47 Å². The van der Waals surface area contributed by atoms with Crippen molar-refractivity contribution >= 4 is 64.1 Å². The molecule has 3 aromatic carbocycles. The fourth-order valence-electron chi connectivity index (χ4n) is 4.66. The molecule has 1 saturated heterocycles. The molecule has 11 heteroatoms. The number of benzene rings is 3. The van der Waals surface area contributed by atoms with E-state index in [4.69, 9.17) is 30.8 Å². The molecule has 9 nitrogen and oxygen atoms in total. The molecular weight excluding hydrogens is 627 g/mol. The summed E-state index contributed by atoms with van der Waals surface area (Å²) in [5, 5.41) is 0. The smallest absolute Gasteiger partial charge is 0.346 e. The average Bonchev–Trinajstić information content (AvgIpc) is 3.66. The molecule has 0 unspecified atom stereocenters. The third kappa shape index (κ3) is 6.70. The number of ketones is 1. The second-order valence-corrected chi connectivity index (χ2v) is 11.7. The van der Waals surface area contributed by atoms with E-state index in [0.29, 0.717) is 68.7 Å². The molecular formula is C35H25NO8S2. The standard InChI is InChI=1S/C35H25NO8S2/c1-2-36-32(38)31(46-35(36)45)20-26-13-16-28(43-26)22-8-10-24(11-9-22)34(40)44-33(39)23-6-3-21(4-7-23)5-14-27(37)25-12-15-29-30(19-25)42-18-17-41-29/h3-16,19-20H,2,17-18H2,1H3. The summed E-state index contributed by atoms with van der Waals surface area (Å²) in [4.78, 5) is 52.4. The van der Waals surface area contributed by atoms with Crippen LogP contribution in [0.4, 0.5) is 0 Å². The predicted octanol–water partition coefficient (Wildman–Crippen LogP) is 6.83. The van der Waals surface area contributed by atoms with Crippen LogP contribution in [0.15, 0.2) is 94.3 Å². The normalized spacial score (nSPS) is 15.1. The third-order valence-electron chi connectivity index (χ3n) is 7.08. The lowest BCUT2D eigenvalue weighted by atomic mass is 10.1. The highest BCUT2D eigenvalue weighted by atomic mass is 32.2. The molecule has 2 aliphatic heterocycles. The minimum absolute atomic E-state index is 0.152. The van der Waals surface area contributed by atoms with Gasteiger partial charge in [0.25, 0.3) is 5.91 Å². The first kappa shape index (κ1) is 30.8. The Morgan fingerprint density at radius 3 is 2.20 bits per heavy atom. The zero-order valence-electron chi connectivity index (χ0n) is 24.4. The lowest BCUT2D eigenvalue weighted by Gasteiger charge is -2.18. The Balaban J connectivity index is 1.04. The maximum Gasteiger partial charge on any atom is 0.346 e. The zero-order chi connectivity index (χ0) is 32.2. The van der Waals surface area contributed by atoms with Crippen molar-refractivity contribution in [2.45, 2.75) is 6.92 Å². The Morgan fingerprint density at radius 2 is 1.52 bits per heavy atom. The van der Waals surface area contributed by atoms with Gasteiger partial charge < -0.3 is 18.6 Å². The van der Waals surface area contributed by atoms with Gasteiger partial charge in [-0.05, 0) is 73.2 Å². The number of thiocarbonyl (C=S) groups is 1. The lowest BCUT2D eigenvalue weighted by molar-refractivity contribution is -0.122. The number of nitrogens with zero attached hydrogens (tertiary/aromatic N) is 1. The van der Waals surface area contributed by atoms with E-state index < -0.39 is 11.9 Å². The van der Waals surface area contributed by atoms with E-state index in [1.807, 2.05) is 6.92 Å². The SMILES string of the molecule is CCN1C(=O)C(=Cc2ccc(-c3ccc(C(=O)OC(=O)c4ccc(C=CC(=O)c5ccc6c(c5)OCCO6)cc4)cc3)o2)SC1=S. The van der Waals surface area contributed by atoms with Crippen LogP contribution in [0, 0.1) is 0 Å². The number of hydrogen-bond donors (Lipinski definition) is 0. The Hall–Kier alpha value is -5.26. The highest BCUT2D eigenvalue weighted by Crippen LogP contribution is 2.34. The average molecular weight is 652 g/mol. The Kier molecular flexibility index (Phi) is 8.95. The van der Waals surface area contributed by atoms with Crippen LogP contribution in [0.25, 0.3) is 23.5 Å². The van der Waals surface area contributed by atoms with Crippen LogP contribution in [-0.4, -0.2) is 52.6 Å². The minimum Gasteiger partial charge on any atom is -0.486 e. The minimum atomic E-state index is -0.805. The van der Waals surface area contributed by atoms with E-state index in [1.54, 1.807) is 66.7 Å². The monoisotopic (exact) mass is 651 g/mol.